The molecule has 1 heterocycles. The van der Waals surface area contributed by atoms with Crippen LogP contribution in [0.4, 0.5) is 23.7 Å². The number of primary sulfonamides is 1. The highest BCUT2D eigenvalue weighted by atomic mass is 32.2. The zero-order chi connectivity index (χ0) is 22.1. The Balaban J connectivity index is 1.85. The summed E-state index contributed by atoms with van der Waals surface area (Å²) in [7, 11) is -2.60. The van der Waals surface area contributed by atoms with E-state index in [0.29, 0.717) is 11.1 Å². The van der Waals surface area contributed by atoms with Crippen LogP contribution in [0.25, 0.3) is 11.1 Å². The number of hydrogen-bond donors (Lipinski definition) is 2. The first kappa shape index (κ1) is 21.3. The molecule has 0 atom stereocenters. The van der Waals surface area contributed by atoms with E-state index in [2.05, 4.69) is 10.4 Å². The topological polar surface area (TPSA) is 116 Å². The number of amides is 1. The zero-order valence-electron chi connectivity index (χ0n) is 15.3. The number of hydrogen-bond acceptors (Lipinski definition) is 5. The number of carbonyl (C=O) groups excluding carboxylic acids is 1. The monoisotopic (exact) mass is 440 g/mol. The van der Waals surface area contributed by atoms with Crippen molar-refractivity contribution in [2.24, 2.45) is 12.2 Å². The maximum absolute atomic E-state index is 13.0. The molecule has 0 spiro atoms. The SMILES string of the molecule is Cn1cc(OC(=O)Nc2ccccc2-c2ccc(S(N)(=O)=O)cc2)c(C(F)(F)F)n1. The lowest BCUT2D eigenvalue weighted by Gasteiger charge is -2.12. The minimum absolute atomic E-state index is 0.0904. The summed E-state index contributed by atoms with van der Waals surface area (Å²) in [5, 5.41) is 10.7. The number of alkyl halides is 3. The summed E-state index contributed by atoms with van der Waals surface area (Å²) < 4.78 is 67.5. The molecule has 3 rings (SSSR count). The van der Waals surface area contributed by atoms with E-state index in [1.54, 1.807) is 18.2 Å². The van der Waals surface area contributed by atoms with Crippen LogP contribution >= 0.6 is 0 Å². The summed E-state index contributed by atoms with van der Waals surface area (Å²) in [5.41, 5.74) is -0.0661. The standard InChI is InChI=1S/C18H15F3N4O4S/c1-25-10-15(16(24-25)18(19,20)21)29-17(26)23-14-5-3-2-4-13(14)11-6-8-12(9-7-11)30(22,27)28/h2-10H,1H3,(H,23,26)(H2,22,27,28). The number of nitrogens with zero attached hydrogens (tertiary/aromatic N) is 2. The molecular weight excluding hydrogens is 425 g/mol. The van der Waals surface area contributed by atoms with Crippen molar-refractivity contribution >= 4 is 21.8 Å². The normalized spacial score (nSPS) is 11.9. The molecule has 0 unspecified atom stereocenters. The van der Waals surface area contributed by atoms with Gasteiger partial charge in [0.2, 0.25) is 15.7 Å². The van der Waals surface area contributed by atoms with Crippen LogP contribution in [-0.2, 0) is 23.2 Å². The van der Waals surface area contributed by atoms with E-state index in [0.717, 1.165) is 10.9 Å². The summed E-state index contributed by atoms with van der Waals surface area (Å²) >= 11 is 0. The Hall–Kier alpha value is -3.38. The predicted molar refractivity (Wildman–Crippen MR) is 101 cm³/mol. The number of sulfonamides is 1. The number of carbonyl (C=O) groups is 1. The Labute approximate surface area is 169 Å². The van der Waals surface area contributed by atoms with Crippen LogP contribution < -0.4 is 15.2 Å². The van der Waals surface area contributed by atoms with Crippen LogP contribution in [-0.4, -0.2) is 24.3 Å². The van der Waals surface area contributed by atoms with Crippen LogP contribution in [0.15, 0.2) is 59.6 Å². The summed E-state index contributed by atoms with van der Waals surface area (Å²) in [4.78, 5) is 12.1. The largest absolute Gasteiger partial charge is 0.438 e. The second kappa shape index (κ2) is 7.80. The van der Waals surface area contributed by atoms with Gasteiger partial charge in [-0.15, -0.1) is 0 Å². The maximum atomic E-state index is 13.0. The summed E-state index contributed by atoms with van der Waals surface area (Å²) in [5.74, 6) is -0.738. The maximum Gasteiger partial charge on any atom is 0.438 e. The van der Waals surface area contributed by atoms with E-state index in [9.17, 15) is 26.4 Å². The Morgan fingerprint density at radius 2 is 1.77 bits per heavy atom. The molecule has 0 bridgehead atoms. The van der Waals surface area contributed by atoms with E-state index in [1.165, 1.54) is 37.4 Å². The number of halogens is 3. The number of nitrogens with two attached hydrogens (primary N) is 1. The number of anilines is 1. The Morgan fingerprint density at radius 3 is 2.37 bits per heavy atom. The van der Waals surface area contributed by atoms with Crippen molar-refractivity contribution < 1.29 is 31.1 Å². The van der Waals surface area contributed by atoms with Gasteiger partial charge in [0.15, 0.2) is 5.75 Å². The quantitative estimate of drug-likeness (QED) is 0.645. The summed E-state index contributed by atoms with van der Waals surface area (Å²) in [6, 6.07) is 12.0. The molecular formula is C18H15F3N4O4S. The van der Waals surface area contributed by atoms with Gasteiger partial charge in [-0.05, 0) is 23.8 Å². The van der Waals surface area contributed by atoms with Crippen LogP contribution in [0.1, 0.15) is 5.69 Å². The van der Waals surface area contributed by atoms with Gasteiger partial charge in [0.1, 0.15) is 0 Å². The lowest BCUT2D eigenvalue weighted by atomic mass is 10.0. The molecule has 158 valence electrons. The molecule has 1 aromatic heterocycles. The summed E-state index contributed by atoms with van der Waals surface area (Å²) in [6.45, 7) is 0. The molecule has 8 nitrogen and oxygen atoms in total. The smallest absolute Gasteiger partial charge is 0.406 e. The van der Waals surface area contributed by atoms with Gasteiger partial charge >= 0.3 is 12.3 Å². The van der Waals surface area contributed by atoms with Crippen LogP contribution in [0.3, 0.4) is 0 Å². The minimum Gasteiger partial charge on any atom is -0.406 e. The Bertz CT molecular complexity index is 1190. The van der Waals surface area contributed by atoms with E-state index < -0.39 is 33.7 Å². The van der Waals surface area contributed by atoms with Gasteiger partial charge in [-0.3, -0.25) is 10.00 Å². The predicted octanol–water partition coefficient (Wildman–Crippen LogP) is 3.36. The molecule has 0 aliphatic carbocycles. The first-order chi connectivity index (χ1) is 13.9. The molecule has 0 saturated heterocycles. The molecule has 30 heavy (non-hydrogen) atoms. The van der Waals surface area contributed by atoms with E-state index >= 15 is 0 Å². The number of rotatable bonds is 4. The lowest BCUT2D eigenvalue weighted by molar-refractivity contribution is -0.142. The molecule has 2 aromatic carbocycles. The molecule has 12 heteroatoms. The number of benzene rings is 2. The average molecular weight is 440 g/mol. The molecule has 3 aromatic rings. The zero-order valence-corrected chi connectivity index (χ0v) is 16.2. The fraction of sp³-hybridized carbons (Fsp3) is 0.111. The van der Waals surface area contributed by atoms with Crippen molar-refractivity contribution in [3.05, 3.63) is 60.4 Å². The van der Waals surface area contributed by atoms with Gasteiger partial charge in [0, 0.05) is 12.6 Å². The van der Waals surface area contributed by atoms with E-state index in [4.69, 9.17) is 9.88 Å². The highest BCUT2D eigenvalue weighted by Gasteiger charge is 2.38. The van der Waals surface area contributed by atoms with Gasteiger partial charge in [-0.1, -0.05) is 30.3 Å². The third-order valence-corrected chi connectivity index (χ3v) is 4.85. The van der Waals surface area contributed by atoms with Crippen molar-refractivity contribution in [2.75, 3.05) is 5.32 Å². The van der Waals surface area contributed by atoms with Gasteiger partial charge in [0.25, 0.3) is 0 Å². The summed E-state index contributed by atoms with van der Waals surface area (Å²) in [6.07, 6.45) is -5.01. The van der Waals surface area contributed by atoms with E-state index in [-0.39, 0.29) is 10.6 Å². The molecule has 0 aliphatic heterocycles. The molecule has 3 N–H and O–H groups in total. The molecule has 0 aliphatic rings. The fourth-order valence-electron chi connectivity index (χ4n) is 2.64. The second-order valence-corrected chi connectivity index (χ2v) is 7.70. The minimum atomic E-state index is -4.79. The van der Waals surface area contributed by atoms with Crippen molar-refractivity contribution in [1.29, 1.82) is 0 Å². The van der Waals surface area contributed by atoms with E-state index in [1.807, 2.05) is 0 Å². The number of aryl methyl sites for hydroxylation is 1. The van der Waals surface area contributed by atoms with Crippen molar-refractivity contribution in [1.82, 2.24) is 9.78 Å². The second-order valence-electron chi connectivity index (χ2n) is 6.14. The number of aromatic nitrogens is 2. The number of nitrogens with one attached hydrogen (secondary N) is 1. The highest BCUT2D eigenvalue weighted by Crippen LogP contribution is 2.35. The van der Waals surface area contributed by atoms with Crippen molar-refractivity contribution in [2.45, 2.75) is 11.1 Å². The molecule has 0 radical (unpaired) electrons. The fourth-order valence-corrected chi connectivity index (χ4v) is 3.16. The molecule has 1 amide bonds. The van der Waals surface area contributed by atoms with Gasteiger partial charge < -0.3 is 4.74 Å². The molecule has 0 fully saturated rings. The van der Waals surface area contributed by atoms with Crippen molar-refractivity contribution in [3.63, 3.8) is 0 Å². The number of ether oxygens (including phenoxy) is 1. The lowest BCUT2D eigenvalue weighted by Crippen LogP contribution is -2.19. The van der Waals surface area contributed by atoms with Crippen LogP contribution in [0, 0.1) is 0 Å². The highest BCUT2D eigenvalue weighted by molar-refractivity contribution is 7.89. The third kappa shape index (κ3) is 4.78. The first-order valence-electron chi connectivity index (χ1n) is 8.27. The number of para-hydroxylation sites is 1. The van der Waals surface area contributed by atoms with Gasteiger partial charge in [-0.2, -0.15) is 18.3 Å². The van der Waals surface area contributed by atoms with Crippen LogP contribution in [0.5, 0.6) is 5.75 Å². The average Bonchev–Trinajstić information content (AvgIpc) is 3.02. The van der Waals surface area contributed by atoms with Gasteiger partial charge in [0.05, 0.1) is 16.8 Å². The third-order valence-electron chi connectivity index (χ3n) is 3.92. The van der Waals surface area contributed by atoms with Crippen molar-refractivity contribution in [3.8, 4) is 16.9 Å². The van der Waals surface area contributed by atoms with Gasteiger partial charge in [-0.25, -0.2) is 18.4 Å². The van der Waals surface area contributed by atoms with Crippen LogP contribution in [0.2, 0.25) is 0 Å². The first-order valence-corrected chi connectivity index (χ1v) is 9.82. The molecule has 0 saturated carbocycles. The Morgan fingerprint density at radius 1 is 1.13 bits per heavy atom. The Kier molecular flexibility index (Phi) is 5.55.